The first kappa shape index (κ1) is 32.3. The molecule has 11 heteroatoms. The maximum Gasteiger partial charge on any atom is 0.255 e. The highest BCUT2D eigenvalue weighted by atomic mass is 127. The summed E-state index contributed by atoms with van der Waals surface area (Å²) >= 11 is 2.22. The lowest BCUT2D eigenvalue weighted by molar-refractivity contribution is -0.155. The number of nitrogens with two attached hydrogens (primary N) is 1. The quantitative estimate of drug-likeness (QED) is 0.104. The Bertz CT molecular complexity index is 1440. The fourth-order valence-corrected chi connectivity index (χ4v) is 5.41. The van der Waals surface area contributed by atoms with Gasteiger partial charge in [-0.25, -0.2) is 5.84 Å². The van der Waals surface area contributed by atoms with E-state index in [-0.39, 0.29) is 6.54 Å². The monoisotopic (exact) mass is 700 g/mol. The predicted molar refractivity (Wildman–Crippen MR) is 173 cm³/mol. The van der Waals surface area contributed by atoms with Crippen LogP contribution in [-0.2, 0) is 16.0 Å². The molecular formula is C32H37IN4O6. The van der Waals surface area contributed by atoms with Crippen LogP contribution in [0.25, 0.3) is 0 Å². The molecule has 0 saturated carbocycles. The number of carbonyl (C=O) groups is 2. The van der Waals surface area contributed by atoms with E-state index in [2.05, 4.69) is 27.9 Å². The zero-order valence-corrected chi connectivity index (χ0v) is 26.5. The predicted octanol–water partition coefficient (Wildman–Crippen LogP) is 3.41. The van der Waals surface area contributed by atoms with Gasteiger partial charge < -0.3 is 29.9 Å². The number of methoxy groups -OCH3 is 2. The van der Waals surface area contributed by atoms with Gasteiger partial charge in [0, 0.05) is 17.2 Å². The van der Waals surface area contributed by atoms with E-state index in [0.717, 1.165) is 32.4 Å². The highest BCUT2D eigenvalue weighted by Gasteiger charge is 2.40. The van der Waals surface area contributed by atoms with Gasteiger partial charge in [-0.3, -0.25) is 14.6 Å². The molecule has 1 heterocycles. The summed E-state index contributed by atoms with van der Waals surface area (Å²) in [5.41, 5.74) is 4.12. The number of rotatable bonds is 11. The van der Waals surface area contributed by atoms with Crippen LogP contribution in [0.2, 0.25) is 0 Å². The number of hydrogen-bond donors (Lipinski definition) is 4. The lowest BCUT2D eigenvalue weighted by Crippen LogP contribution is -2.53. The van der Waals surface area contributed by atoms with Crippen LogP contribution < -0.4 is 25.6 Å². The number of allylic oxidation sites excluding steroid dienone is 1. The molecule has 0 bridgehead atoms. The number of anilines is 1. The van der Waals surface area contributed by atoms with E-state index >= 15 is 0 Å². The molecule has 43 heavy (non-hydrogen) atoms. The number of nitrogens with zero attached hydrogens (tertiary/aromatic N) is 2. The minimum absolute atomic E-state index is 0.264. The molecule has 2 amide bonds. The van der Waals surface area contributed by atoms with Crippen LogP contribution in [0.3, 0.4) is 0 Å². The second-order valence-corrected chi connectivity index (χ2v) is 11.0. The lowest BCUT2D eigenvalue weighted by atomic mass is 9.87. The van der Waals surface area contributed by atoms with Gasteiger partial charge in [0.2, 0.25) is 0 Å². The van der Waals surface area contributed by atoms with Crippen molar-refractivity contribution in [3.05, 3.63) is 101 Å². The van der Waals surface area contributed by atoms with E-state index in [1.54, 1.807) is 27.3 Å². The molecule has 4 rings (SSSR count). The molecule has 0 aliphatic carbocycles. The molecule has 1 unspecified atom stereocenters. The number of hydrazine groups is 1. The number of ether oxygens (including phenoxy) is 2. The Morgan fingerprint density at radius 1 is 1.07 bits per heavy atom. The lowest BCUT2D eigenvalue weighted by Gasteiger charge is -2.39. The standard InChI is InChI=1S/C32H37IN4O6/c1-20(21-10-12-24(13-11-21)37(34)16-7-15-33)35-31(40)29(38)30(39)32(41)36-17-14-23-18-26(42-2)27(43-3)19-25(23)28(36)22-8-5-4-6-9-22/h4-13,16,18-20,28-30,38-39H,14-15,17,34H2,1-3H3,(H,35,40)/b16-7-/t20-,28?,29-,30-/m1/s1. The van der Waals surface area contributed by atoms with Crippen LogP contribution in [-0.4, -0.2) is 64.3 Å². The minimum atomic E-state index is -1.98. The van der Waals surface area contributed by atoms with Crippen LogP contribution in [0.4, 0.5) is 5.69 Å². The summed E-state index contributed by atoms with van der Waals surface area (Å²) in [6.45, 7) is 2.01. The smallest absolute Gasteiger partial charge is 0.255 e. The number of fused-ring (bicyclic) bond motifs is 1. The van der Waals surface area contributed by atoms with Gasteiger partial charge in [0.05, 0.1) is 32.0 Å². The highest BCUT2D eigenvalue weighted by molar-refractivity contribution is 14.1. The van der Waals surface area contributed by atoms with Crippen molar-refractivity contribution in [2.24, 2.45) is 5.84 Å². The molecule has 3 aromatic carbocycles. The van der Waals surface area contributed by atoms with Crippen molar-refractivity contribution in [3.63, 3.8) is 0 Å². The summed E-state index contributed by atoms with van der Waals surface area (Å²) in [6, 6.07) is 19.3. The van der Waals surface area contributed by atoms with Crippen LogP contribution >= 0.6 is 22.6 Å². The number of halogens is 1. The third-order valence-electron chi connectivity index (χ3n) is 7.50. The summed E-state index contributed by atoms with van der Waals surface area (Å²) in [4.78, 5) is 28.2. The average Bonchev–Trinajstić information content (AvgIpc) is 3.05. The normalized spacial score (nSPS) is 16.6. The van der Waals surface area contributed by atoms with Gasteiger partial charge in [-0.05, 0) is 59.9 Å². The van der Waals surface area contributed by atoms with Gasteiger partial charge in [0.25, 0.3) is 11.8 Å². The van der Waals surface area contributed by atoms with Gasteiger partial charge >= 0.3 is 0 Å². The molecule has 10 nitrogen and oxygen atoms in total. The van der Waals surface area contributed by atoms with Gasteiger partial charge in [0.1, 0.15) is 0 Å². The van der Waals surface area contributed by atoms with E-state index in [9.17, 15) is 19.8 Å². The molecule has 228 valence electrons. The zero-order chi connectivity index (χ0) is 31.1. The Morgan fingerprint density at radius 2 is 1.72 bits per heavy atom. The van der Waals surface area contributed by atoms with Crippen molar-refractivity contribution in [1.82, 2.24) is 10.2 Å². The van der Waals surface area contributed by atoms with Crippen LogP contribution in [0.15, 0.2) is 79.0 Å². The minimum Gasteiger partial charge on any atom is -0.493 e. The third-order valence-corrected chi connectivity index (χ3v) is 8.01. The molecule has 0 fully saturated rings. The number of hydrogen-bond acceptors (Lipinski definition) is 8. The highest BCUT2D eigenvalue weighted by Crippen LogP contribution is 2.41. The summed E-state index contributed by atoms with van der Waals surface area (Å²) in [5, 5.41) is 26.0. The van der Waals surface area contributed by atoms with E-state index < -0.39 is 36.1 Å². The maximum atomic E-state index is 13.7. The molecule has 3 aromatic rings. The van der Waals surface area contributed by atoms with Crippen molar-refractivity contribution in [2.75, 3.05) is 30.2 Å². The number of alkyl halides is 1. The first-order valence-corrected chi connectivity index (χ1v) is 15.4. The van der Waals surface area contributed by atoms with Crippen molar-refractivity contribution in [3.8, 4) is 11.5 Å². The summed E-state index contributed by atoms with van der Waals surface area (Å²) < 4.78 is 11.8. The van der Waals surface area contributed by atoms with Crippen LogP contribution in [0, 0.1) is 0 Å². The Morgan fingerprint density at radius 3 is 2.35 bits per heavy atom. The molecule has 1 aliphatic heterocycles. The van der Waals surface area contributed by atoms with Crippen molar-refractivity contribution < 1.29 is 29.3 Å². The van der Waals surface area contributed by atoms with E-state index in [1.807, 2.05) is 72.8 Å². The second kappa shape index (κ2) is 14.7. The number of amides is 2. The zero-order valence-electron chi connectivity index (χ0n) is 24.3. The van der Waals surface area contributed by atoms with Crippen molar-refractivity contribution in [2.45, 2.75) is 37.6 Å². The largest absolute Gasteiger partial charge is 0.493 e. The van der Waals surface area contributed by atoms with Gasteiger partial charge in [-0.1, -0.05) is 71.1 Å². The molecule has 0 radical (unpaired) electrons. The second-order valence-electron chi connectivity index (χ2n) is 10.2. The fourth-order valence-electron chi connectivity index (χ4n) is 5.18. The van der Waals surface area contributed by atoms with Gasteiger partial charge in [-0.15, -0.1) is 0 Å². The Labute approximate surface area is 265 Å². The van der Waals surface area contributed by atoms with Crippen molar-refractivity contribution >= 4 is 40.1 Å². The topological polar surface area (TPSA) is 138 Å². The third kappa shape index (κ3) is 7.29. The molecule has 1 aliphatic rings. The first-order chi connectivity index (χ1) is 20.7. The Kier molecular flexibility index (Phi) is 11.0. The Balaban J connectivity index is 1.51. The molecule has 0 spiro atoms. The number of aliphatic hydroxyl groups excluding tert-OH is 2. The number of benzene rings is 3. The molecular weight excluding hydrogens is 663 g/mol. The van der Waals surface area contributed by atoms with E-state index in [0.29, 0.717) is 17.9 Å². The first-order valence-electron chi connectivity index (χ1n) is 13.8. The number of aliphatic hydroxyl groups is 2. The molecule has 4 atom stereocenters. The fraction of sp³-hybridized carbons (Fsp3) is 0.312. The van der Waals surface area contributed by atoms with Crippen molar-refractivity contribution in [1.29, 1.82) is 0 Å². The summed E-state index contributed by atoms with van der Waals surface area (Å²) in [5.74, 6) is 5.49. The molecule has 0 saturated heterocycles. The Hall–Kier alpha value is -3.65. The number of carbonyl (C=O) groups excluding carboxylic acids is 2. The maximum absolute atomic E-state index is 13.7. The van der Waals surface area contributed by atoms with E-state index in [1.165, 1.54) is 9.91 Å². The average molecular weight is 701 g/mol. The SMILES string of the molecule is COc1cc2c(cc1OC)C(c1ccccc1)N(C(=O)[C@H](O)[C@@H](O)C(=O)N[C@H](C)c1ccc(N(N)/C=C\CI)cc1)CC2. The van der Waals surface area contributed by atoms with Crippen LogP contribution in [0.5, 0.6) is 11.5 Å². The van der Waals surface area contributed by atoms with E-state index in [4.69, 9.17) is 15.3 Å². The number of nitrogens with one attached hydrogen (secondary N) is 1. The van der Waals surface area contributed by atoms with Gasteiger partial charge in [0.15, 0.2) is 23.7 Å². The van der Waals surface area contributed by atoms with Gasteiger partial charge in [-0.2, -0.15) is 0 Å². The summed E-state index contributed by atoms with van der Waals surface area (Å²) in [7, 11) is 3.11. The summed E-state index contributed by atoms with van der Waals surface area (Å²) in [6.07, 6.45) is 0.219. The van der Waals surface area contributed by atoms with Crippen LogP contribution in [0.1, 0.15) is 41.3 Å². The molecule has 5 N–H and O–H groups in total. The molecule has 0 aromatic heterocycles.